The number of alkyl halides is 3. The zero-order valence-corrected chi connectivity index (χ0v) is 17.4. The maximum Gasteiger partial charge on any atom is 0.417 e. The number of nitrogens with zero attached hydrogens (tertiary/aromatic N) is 3. The van der Waals surface area contributed by atoms with Crippen LogP contribution in [0, 0.1) is 0 Å². The summed E-state index contributed by atoms with van der Waals surface area (Å²) in [4.78, 5) is 4.67. The van der Waals surface area contributed by atoms with Gasteiger partial charge in [0.05, 0.1) is 22.6 Å². The molecule has 0 unspecified atom stereocenters. The average Bonchev–Trinajstić information content (AvgIpc) is 3.47. The topological polar surface area (TPSA) is 30.7 Å². The van der Waals surface area contributed by atoms with Gasteiger partial charge < -0.3 is 0 Å². The Morgan fingerprint density at radius 2 is 1.31 bits per heavy atom. The molecule has 0 aliphatic carbocycles. The van der Waals surface area contributed by atoms with Gasteiger partial charge in [-0.2, -0.15) is 18.3 Å². The highest BCUT2D eigenvalue weighted by Crippen LogP contribution is 2.39. The van der Waals surface area contributed by atoms with Crippen molar-refractivity contribution in [2.75, 3.05) is 0 Å². The summed E-state index contributed by atoms with van der Waals surface area (Å²) in [5, 5.41) is 7.04. The molecule has 32 heavy (non-hydrogen) atoms. The van der Waals surface area contributed by atoms with Crippen LogP contribution >= 0.6 is 11.3 Å². The number of aromatic nitrogens is 3. The monoisotopic (exact) mass is 447 g/mol. The molecule has 0 amide bonds. The van der Waals surface area contributed by atoms with E-state index in [4.69, 9.17) is 0 Å². The third-order valence-corrected chi connectivity index (χ3v) is 5.85. The van der Waals surface area contributed by atoms with E-state index in [9.17, 15) is 13.2 Å². The van der Waals surface area contributed by atoms with E-state index in [0.29, 0.717) is 16.5 Å². The van der Waals surface area contributed by atoms with Crippen molar-refractivity contribution in [3.8, 4) is 38.9 Å². The van der Waals surface area contributed by atoms with Crippen molar-refractivity contribution in [3.63, 3.8) is 0 Å². The van der Waals surface area contributed by atoms with E-state index >= 15 is 0 Å². The summed E-state index contributed by atoms with van der Waals surface area (Å²) < 4.78 is 42.8. The van der Waals surface area contributed by atoms with E-state index in [1.807, 2.05) is 66.0 Å². The second-order valence-corrected chi connectivity index (χ2v) is 7.95. The van der Waals surface area contributed by atoms with Crippen molar-refractivity contribution in [1.82, 2.24) is 14.8 Å². The Labute approximate surface area is 186 Å². The molecule has 5 aromatic rings. The number of benzene rings is 3. The largest absolute Gasteiger partial charge is 0.417 e. The van der Waals surface area contributed by atoms with Crippen LogP contribution in [0.5, 0.6) is 0 Å². The smallest absolute Gasteiger partial charge is 0.218 e. The summed E-state index contributed by atoms with van der Waals surface area (Å²) in [6.45, 7) is 0. The molecular weight excluding hydrogens is 431 g/mol. The normalized spacial score (nSPS) is 11.6. The van der Waals surface area contributed by atoms with E-state index in [1.54, 1.807) is 12.1 Å². The average molecular weight is 447 g/mol. The molecule has 3 aromatic carbocycles. The Morgan fingerprint density at radius 3 is 1.97 bits per heavy atom. The van der Waals surface area contributed by atoms with Crippen LogP contribution < -0.4 is 0 Å². The van der Waals surface area contributed by atoms with E-state index < -0.39 is 11.7 Å². The van der Waals surface area contributed by atoms with Gasteiger partial charge in [-0.25, -0.2) is 9.67 Å². The summed E-state index contributed by atoms with van der Waals surface area (Å²) in [6, 6.07) is 26.2. The summed E-state index contributed by atoms with van der Waals surface area (Å²) >= 11 is 1.34. The van der Waals surface area contributed by atoms with Gasteiger partial charge in [0.25, 0.3) is 0 Å². The van der Waals surface area contributed by atoms with Crippen LogP contribution in [0.4, 0.5) is 13.2 Å². The van der Waals surface area contributed by atoms with Crippen molar-refractivity contribution in [1.29, 1.82) is 0 Å². The van der Waals surface area contributed by atoms with Crippen molar-refractivity contribution in [3.05, 3.63) is 102 Å². The van der Waals surface area contributed by atoms with Crippen molar-refractivity contribution >= 4 is 11.3 Å². The molecule has 0 saturated carbocycles. The van der Waals surface area contributed by atoms with Crippen LogP contribution in [0.1, 0.15) is 5.56 Å². The fraction of sp³-hybridized carbons (Fsp3) is 0.0400. The summed E-state index contributed by atoms with van der Waals surface area (Å²) in [7, 11) is 0. The van der Waals surface area contributed by atoms with Gasteiger partial charge in [0.15, 0.2) is 0 Å². The van der Waals surface area contributed by atoms with Gasteiger partial charge >= 0.3 is 6.18 Å². The first-order chi connectivity index (χ1) is 15.5. The van der Waals surface area contributed by atoms with E-state index in [1.165, 1.54) is 28.2 Å². The lowest BCUT2D eigenvalue weighted by Crippen LogP contribution is -2.08. The second-order valence-electron chi connectivity index (χ2n) is 7.12. The Bertz CT molecular complexity index is 1360. The van der Waals surface area contributed by atoms with Crippen LogP contribution in [0.2, 0.25) is 0 Å². The fourth-order valence-electron chi connectivity index (χ4n) is 3.53. The van der Waals surface area contributed by atoms with Gasteiger partial charge in [0.2, 0.25) is 5.13 Å². The van der Waals surface area contributed by atoms with E-state index in [0.717, 1.165) is 22.9 Å². The minimum atomic E-state index is -4.49. The maximum absolute atomic E-state index is 13.8. The molecule has 0 saturated heterocycles. The number of rotatable bonds is 4. The third kappa shape index (κ3) is 3.83. The van der Waals surface area contributed by atoms with Crippen LogP contribution in [0.3, 0.4) is 0 Å². The molecule has 0 aliphatic heterocycles. The lowest BCUT2D eigenvalue weighted by Gasteiger charge is -2.13. The molecule has 0 N–H and O–H groups in total. The minimum Gasteiger partial charge on any atom is -0.218 e. The molecule has 0 bridgehead atoms. The Morgan fingerprint density at radius 1 is 0.719 bits per heavy atom. The van der Waals surface area contributed by atoms with Crippen LogP contribution in [-0.2, 0) is 6.18 Å². The third-order valence-electron chi connectivity index (χ3n) is 5.03. The van der Waals surface area contributed by atoms with E-state index in [-0.39, 0.29) is 5.56 Å². The first kappa shape index (κ1) is 20.2. The molecule has 3 nitrogen and oxygen atoms in total. The minimum absolute atomic E-state index is 0.0612. The lowest BCUT2D eigenvalue weighted by atomic mass is 10.0. The molecule has 0 radical (unpaired) electrons. The fourth-order valence-corrected chi connectivity index (χ4v) is 4.32. The van der Waals surface area contributed by atoms with Gasteiger partial charge in [0, 0.05) is 22.1 Å². The quantitative estimate of drug-likeness (QED) is 0.288. The zero-order valence-electron chi connectivity index (χ0n) is 16.6. The zero-order chi connectivity index (χ0) is 22.1. The lowest BCUT2D eigenvalue weighted by molar-refractivity contribution is -0.137. The SMILES string of the molecule is FC(F)(F)c1ccccc1-c1cc(-c2ccccc2)nn1-c1nc(-c2ccccc2)cs1. The second kappa shape index (κ2) is 8.09. The maximum atomic E-state index is 13.8. The number of hydrogen-bond donors (Lipinski definition) is 0. The highest BCUT2D eigenvalue weighted by Gasteiger charge is 2.34. The molecule has 5 rings (SSSR count). The Hall–Kier alpha value is -3.71. The molecule has 2 heterocycles. The predicted molar refractivity (Wildman–Crippen MR) is 121 cm³/mol. The first-order valence-corrected chi connectivity index (χ1v) is 10.7. The number of hydrogen-bond acceptors (Lipinski definition) is 3. The standard InChI is InChI=1S/C25H16F3N3S/c26-25(27,28)20-14-8-7-13-19(20)23-15-21(17-9-3-1-4-10-17)30-31(23)24-29-22(16-32-24)18-11-5-2-6-12-18/h1-16H. The summed E-state index contributed by atoms with van der Waals surface area (Å²) in [5.41, 5.74) is 2.77. The highest BCUT2D eigenvalue weighted by molar-refractivity contribution is 7.12. The van der Waals surface area contributed by atoms with Crippen LogP contribution in [0.25, 0.3) is 38.9 Å². The predicted octanol–water partition coefficient (Wildman–Crippen LogP) is 7.35. The molecule has 0 atom stereocenters. The van der Waals surface area contributed by atoms with E-state index in [2.05, 4.69) is 10.1 Å². The molecule has 2 aromatic heterocycles. The molecule has 0 aliphatic rings. The summed E-state index contributed by atoms with van der Waals surface area (Å²) in [6.07, 6.45) is -4.49. The number of halogens is 3. The molecular formula is C25H16F3N3S. The highest BCUT2D eigenvalue weighted by atomic mass is 32.1. The molecule has 7 heteroatoms. The Kier molecular flexibility index (Phi) is 5.11. The van der Waals surface area contributed by atoms with Crippen molar-refractivity contribution < 1.29 is 13.2 Å². The van der Waals surface area contributed by atoms with Gasteiger partial charge in [-0.15, -0.1) is 11.3 Å². The molecule has 0 spiro atoms. The summed E-state index contributed by atoms with van der Waals surface area (Å²) in [5.74, 6) is 0. The van der Waals surface area contributed by atoms with Crippen LogP contribution in [0.15, 0.2) is 96.4 Å². The van der Waals surface area contributed by atoms with Gasteiger partial charge in [-0.05, 0) is 12.1 Å². The molecule has 0 fully saturated rings. The number of thiazole rings is 1. The Balaban J connectivity index is 1.70. The van der Waals surface area contributed by atoms with Crippen LogP contribution in [-0.4, -0.2) is 14.8 Å². The van der Waals surface area contributed by atoms with Gasteiger partial charge in [-0.1, -0.05) is 78.9 Å². The van der Waals surface area contributed by atoms with Gasteiger partial charge in [-0.3, -0.25) is 0 Å². The van der Waals surface area contributed by atoms with Crippen molar-refractivity contribution in [2.24, 2.45) is 0 Å². The van der Waals surface area contributed by atoms with Crippen molar-refractivity contribution in [2.45, 2.75) is 6.18 Å². The van der Waals surface area contributed by atoms with Gasteiger partial charge in [0.1, 0.15) is 0 Å². The molecule has 158 valence electrons. The first-order valence-electron chi connectivity index (χ1n) is 9.84.